The zero-order chi connectivity index (χ0) is 10.8. The normalized spacial score (nSPS) is 51.5. The van der Waals surface area contributed by atoms with Gasteiger partial charge in [-0.2, -0.15) is 0 Å². The standard InChI is InChI=1S/C15H24/c1-10-9-15-8-7-12(10)14(3,4)13(15)6-5-11(15)2/h9,11-13H,5-8H2,1-4H3/t11-,12+,13+,15-/m1/s1. The van der Waals surface area contributed by atoms with Crippen LogP contribution in [0.2, 0.25) is 0 Å². The van der Waals surface area contributed by atoms with Crippen molar-refractivity contribution in [1.29, 1.82) is 0 Å². The molecule has 0 saturated heterocycles. The third-order valence-electron chi connectivity index (χ3n) is 6.16. The average molecular weight is 204 g/mol. The molecule has 0 nitrogen and oxygen atoms in total. The molecule has 4 aliphatic rings. The van der Waals surface area contributed by atoms with Gasteiger partial charge in [-0.25, -0.2) is 0 Å². The molecule has 0 N–H and O–H groups in total. The molecule has 4 aliphatic carbocycles. The van der Waals surface area contributed by atoms with Crippen molar-refractivity contribution in [2.45, 2.75) is 53.4 Å². The molecule has 84 valence electrons. The molecule has 0 aromatic heterocycles. The van der Waals surface area contributed by atoms with E-state index in [0.29, 0.717) is 10.8 Å². The summed E-state index contributed by atoms with van der Waals surface area (Å²) in [6, 6.07) is 0. The first kappa shape index (κ1) is 9.93. The molecule has 0 aliphatic heterocycles. The summed E-state index contributed by atoms with van der Waals surface area (Å²) in [4.78, 5) is 0. The second-order valence-electron chi connectivity index (χ2n) is 6.94. The van der Waals surface area contributed by atoms with Crippen molar-refractivity contribution in [3.8, 4) is 0 Å². The Kier molecular flexibility index (Phi) is 1.79. The van der Waals surface area contributed by atoms with Gasteiger partial charge in [-0.15, -0.1) is 0 Å². The molecular formula is C15H24. The van der Waals surface area contributed by atoms with E-state index in [0.717, 1.165) is 17.8 Å². The lowest BCUT2D eigenvalue weighted by Gasteiger charge is -2.58. The highest BCUT2D eigenvalue weighted by atomic mass is 14.6. The molecule has 4 rings (SSSR count). The van der Waals surface area contributed by atoms with Crippen LogP contribution in [0.25, 0.3) is 0 Å². The monoisotopic (exact) mass is 204 g/mol. The van der Waals surface area contributed by atoms with Crippen LogP contribution in [0.3, 0.4) is 0 Å². The van der Waals surface area contributed by atoms with Gasteiger partial charge < -0.3 is 0 Å². The summed E-state index contributed by atoms with van der Waals surface area (Å²) in [5.74, 6) is 2.79. The van der Waals surface area contributed by atoms with Gasteiger partial charge in [0.1, 0.15) is 0 Å². The molecule has 2 saturated carbocycles. The lowest BCUT2D eigenvalue weighted by atomic mass is 9.46. The fraction of sp³-hybridized carbons (Fsp3) is 0.867. The van der Waals surface area contributed by atoms with Crippen molar-refractivity contribution < 1.29 is 0 Å². The predicted octanol–water partition coefficient (Wildman–Crippen LogP) is 4.42. The van der Waals surface area contributed by atoms with Gasteiger partial charge in [0.05, 0.1) is 0 Å². The zero-order valence-electron chi connectivity index (χ0n) is 10.6. The second-order valence-corrected chi connectivity index (χ2v) is 6.94. The van der Waals surface area contributed by atoms with Crippen molar-refractivity contribution in [3.05, 3.63) is 11.6 Å². The summed E-state index contributed by atoms with van der Waals surface area (Å²) in [7, 11) is 0. The number of hydrogen-bond donors (Lipinski definition) is 0. The smallest absolute Gasteiger partial charge is 0.00562 e. The van der Waals surface area contributed by atoms with E-state index in [9.17, 15) is 0 Å². The molecule has 4 atom stereocenters. The van der Waals surface area contributed by atoms with E-state index in [1.807, 2.05) is 0 Å². The molecule has 15 heavy (non-hydrogen) atoms. The summed E-state index contributed by atoms with van der Waals surface area (Å²) in [5, 5.41) is 0. The van der Waals surface area contributed by atoms with Crippen molar-refractivity contribution in [2.75, 3.05) is 0 Å². The van der Waals surface area contributed by atoms with E-state index in [4.69, 9.17) is 0 Å². The van der Waals surface area contributed by atoms with E-state index in [1.165, 1.54) is 25.7 Å². The number of hydrogen-bond acceptors (Lipinski definition) is 0. The van der Waals surface area contributed by atoms with Gasteiger partial charge in [0.25, 0.3) is 0 Å². The fourth-order valence-corrected chi connectivity index (χ4v) is 5.45. The van der Waals surface area contributed by atoms with Crippen LogP contribution < -0.4 is 0 Å². The minimum atomic E-state index is 0.571. The lowest BCUT2D eigenvalue weighted by molar-refractivity contribution is -0.0273. The van der Waals surface area contributed by atoms with Gasteiger partial charge in [-0.1, -0.05) is 32.4 Å². The SMILES string of the molecule is CC1=C[C@@]23CC[C@@H]1C(C)(C)[C@@H]2CC[C@H]3C. The molecular weight excluding hydrogens is 180 g/mol. The Morgan fingerprint density at radius 3 is 2.60 bits per heavy atom. The van der Waals surface area contributed by atoms with Crippen molar-refractivity contribution in [2.24, 2.45) is 28.6 Å². The molecule has 1 spiro atoms. The first-order valence-corrected chi connectivity index (χ1v) is 6.68. The van der Waals surface area contributed by atoms with Gasteiger partial charge in [0, 0.05) is 0 Å². The lowest BCUT2D eigenvalue weighted by Crippen LogP contribution is -2.50. The van der Waals surface area contributed by atoms with Gasteiger partial charge >= 0.3 is 0 Å². The molecule has 0 radical (unpaired) electrons. The van der Waals surface area contributed by atoms with Crippen LogP contribution in [0.15, 0.2) is 11.6 Å². The summed E-state index contributed by atoms with van der Waals surface area (Å²) in [6.45, 7) is 9.94. The Morgan fingerprint density at radius 1 is 1.20 bits per heavy atom. The summed E-state index contributed by atoms with van der Waals surface area (Å²) >= 11 is 0. The minimum Gasteiger partial charge on any atom is -0.0785 e. The molecule has 0 aromatic carbocycles. The Hall–Kier alpha value is -0.260. The van der Waals surface area contributed by atoms with E-state index in [-0.39, 0.29) is 0 Å². The Morgan fingerprint density at radius 2 is 1.93 bits per heavy atom. The largest absolute Gasteiger partial charge is 0.0785 e. The quantitative estimate of drug-likeness (QED) is 0.513. The van der Waals surface area contributed by atoms with Crippen LogP contribution in [-0.4, -0.2) is 0 Å². The molecule has 2 bridgehead atoms. The number of fused-ring (bicyclic) bond motifs is 1. The predicted molar refractivity (Wildman–Crippen MR) is 64.6 cm³/mol. The minimum absolute atomic E-state index is 0.571. The maximum atomic E-state index is 2.69. The molecule has 0 aromatic rings. The van der Waals surface area contributed by atoms with E-state index < -0.39 is 0 Å². The number of allylic oxidation sites excluding steroid dienone is 2. The molecule has 0 amide bonds. The van der Waals surface area contributed by atoms with Crippen LogP contribution in [0.4, 0.5) is 0 Å². The van der Waals surface area contributed by atoms with Gasteiger partial charge in [-0.3, -0.25) is 0 Å². The highest BCUT2D eigenvalue weighted by Gasteiger charge is 2.60. The Bertz CT molecular complexity index is 323. The second kappa shape index (κ2) is 2.70. The van der Waals surface area contributed by atoms with Crippen molar-refractivity contribution in [3.63, 3.8) is 0 Å². The summed E-state index contributed by atoms with van der Waals surface area (Å²) < 4.78 is 0. The molecule has 2 fully saturated rings. The van der Waals surface area contributed by atoms with E-state index >= 15 is 0 Å². The van der Waals surface area contributed by atoms with E-state index in [2.05, 4.69) is 33.8 Å². The van der Waals surface area contributed by atoms with E-state index in [1.54, 1.807) is 5.57 Å². The highest BCUT2D eigenvalue weighted by molar-refractivity contribution is 5.28. The zero-order valence-corrected chi connectivity index (χ0v) is 10.6. The average Bonchev–Trinajstić information content (AvgIpc) is 2.45. The first-order chi connectivity index (χ1) is 6.98. The first-order valence-electron chi connectivity index (χ1n) is 6.68. The van der Waals surface area contributed by atoms with Crippen LogP contribution >= 0.6 is 0 Å². The highest BCUT2D eigenvalue weighted by Crippen LogP contribution is 2.68. The molecule has 0 heteroatoms. The van der Waals surface area contributed by atoms with Crippen LogP contribution in [0.5, 0.6) is 0 Å². The maximum Gasteiger partial charge on any atom is -0.00562 e. The fourth-order valence-electron chi connectivity index (χ4n) is 5.45. The van der Waals surface area contributed by atoms with Gasteiger partial charge in [0.15, 0.2) is 0 Å². The topological polar surface area (TPSA) is 0 Å². The van der Waals surface area contributed by atoms with Crippen LogP contribution in [0, 0.1) is 28.6 Å². The third-order valence-corrected chi connectivity index (χ3v) is 6.16. The number of rotatable bonds is 0. The van der Waals surface area contributed by atoms with Gasteiger partial charge in [0.2, 0.25) is 0 Å². The van der Waals surface area contributed by atoms with Crippen molar-refractivity contribution >= 4 is 0 Å². The Balaban J connectivity index is 2.16. The Labute approximate surface area is 94.1 Å². The van der Waals surface area contributed by atoms with Crippen molar-refractivity contribution in [1.82, 2.24) is 0 Å². The third kappa shape index (κ3) is 0.990. The van der Waals surface area contributed by atoms with Crippen LogP contribution in [-0.2, 0) is 0 Å². The van der Waals surface area contributed by atoms with Gasteiger partial charge in [-0.05, 0) is 61.2 Å². The van der Waals surface area contributed by atoms with Crippen LogP contribution in [0.1, 0.15) is 53.4 Å². The summed E-state index contributed by atoms with van der Waals surface area (Å²) in [6.07, 6.45) is 8.56. The summed E-state index contributed by atoms with van der Waals surface area (Å²) in [5.41, 5.74) is 2.88. The molecule has 0 heterocycles. The molecule has 0 unspecified atom stereocenters. The maximum absolute atomic E-state index is 2.69.